The van der Waals surface area contributed by atoms with E-state index >= 15 is 0 Å². The van der Waals surface area contributed by atoms with Crippen molar-refractivity contribution in [3.63, 3.8) is 0 Å². The second-order valence-corrected chi connectivity index (χ2v) is 6.11. The normalized spacial score (nSPS) is 14.0. The number of amides is 1. The summed E-state index contributed by atoms with van der Waals surface area (Å²) in [5.74, 6) is -1.13. The Balaban J connectivity index is 2.77. The van der Waals surface area contributed by atoms with E-state index < -0.39 is 36.2 Å². The van der Waals surface area contributed by atoms with E-state index in [0.29, 0.717) is 6.42 Å². The van der Waals surface area contributed by atoms with Crippen LogP contribution in [-0.2, 0) is 16.0 Å². The highest BCUT2D eigenvalue weighted by Gasteiger charge is 2.26. The fourth-order valence-corrected chi connectivity index (χ4v) is 1.93. The van der Waals surface area contributed by atoms with Crippen LogP contribution in [0.2, 0.25) is 0 Å². The molecule has 6 nitrogen and oxygen atoms in total. The maximum absolute atomic E-state index is 11.9. The van der Waals surface area contributed by atoms with E-state index in [-0.39, 0.29) is 0 Å². The molecule has 0 heterocycles. The molecule has 1 aromatic carbocycles. The molecule has 0 bridgehead atoms. The van der Waals surface area contributed by atoms with Crippen molar-refractivity contribution in [2.24, 2.45) is 0 Å². The zero-order valence-electron chi connectivity index (χ0n) is 13.1. The number of aliphatic carboxylic acids is 1. The number of benzene rings is 1. The molecule has 1 amide bonds. The Morgan fingerprint density at radius 1 is 1.23 bits per heavy atom. The van der Waals surface area contributed by atoms with Crippen molar-refractivity contribution < 1.29 is 24.5 Å². The first-order valence-electron chi connectivity index (χ1n) is 7.10. The van der Waals surface area contributed by atoms with Gasteiger partial charge in [-0.25, -0.2) is 4.79 Å². The van der Waals surface area contributed by atoms with Crippen molar-refractivity contribution in [1.29, 1.82) is 0 Å². The molecule has 1 aromatic rings. The van der Waals surface area contributed by atoms with Gasteiger partial charge in [-0.1, -0.05) is 30.3 Å². The molecule has 0 unspecified atom stereocenters. The number of hydrogen-bond donors (Lipinski definition) is 3. The molecule has 0 saturated heterocycles. The Morgan fingerprint density at radius 2 is 1.82 bits per heavy atom. The molecule has 2 atom stereocenters. The number of rotatable bonds is 6. The predicted molar refractivity (Wildman–Crippen MR) is 81.6 cm³/mol. The van der Waals surface area contributed by atoms with Crippen LogP contribution in [0.15, 0.2) is 30.3 Å². The molecule has 0 spiro atoms. The third-order valence-electron chi connectivity index (χ3n) is 2.85. The van der Waals surface area contributed by atoms with Gasteiger partial charge in [0.05, 0.1) is 18.6 Å². The summed E-state index contributed by atoms with van der Waals surface area (Å²) in [7, 11) is 0. The van der Waals surface area contributed by atoms with Crippen molar-refractivity contribution in [1.82, 2.24) is 5.32 Å². The van der Waals surface area contributed by atoms with E-state index in [9.17, 15) is 14.7 Å². The van der Waals surface area contributed by atoms with Crippen molar-refractivity contribution in [3.05, 3.63) is 35.9 Å². The van der Waals surface area contributed by atoms with Gasteiger partial charge in [0.15, 0.2) is 0 Å². The number of ether oxygens (including phenoxy) is 1. The third kappa shape index (κ3) is 7.08. The summed E-state index contributed by atoms with van der Waals surface area (Å²) < 4.78 is 5.15. The van der Waals surface area contributed by atoms with Gasteiger partial charge in [-0.15, -0.1) is 0 Å². The van der Waals surface area contributed by atoms with Gasteiger partial charge in [-0.2, -0.15) is 0 Å². The number of carbonyl (C=O) groups is 2. The minimum absolute atomic E-state index is 0.314. The minimum Gasteiger partial charge on any atom is -0.481 e. The highest BCUT2D eigenvalue weighted by atomic mass is 16.6. The number of alkyl carbamates (subject to hydrolysis) is 1. The molecule has 1 rings (SSSR count). The largest absolute Gasteiger partial charge is 0.481 e. The average Bonchev–Trinajstić information content (AvgIpc) is 2.36. The van der Waals surface area contributed by atoms with Crippen LogP contribution in [0.5, 0.6) is 0 Å². The van der Waals surface area contributed by atoms with E-state index in [1.54, 1.807) is 20.8 Å². The first-order chi connectivity index (χ1) is 10.2. The van der Waals surface area contributed by atoms with Gasteiger partial charge in [0, 0.05) is 0 Å². The molecule has 6 heteroatoms. The number of hydrogen-bond acceptors (Lipinski definition) is 4. The lowest BCUT2D eigenvalue weighted by Crippen LogP contribution is -2.47. The van der Waals surface area contributed by atoms with Gasteiger partial charge in [0.25, 0.3) is 0 Å². The van der Waals surface area contributed by atoms with Gasteiger partial charge in [0.1, 0.15) is 5.60 Å². The van der Waals surface area contributed by atoms with Gasteiger partial charge >= 0.3 is 12.1 Å². The highest BCUT2D eigenvalue weighted by molar-refractivity contribution is 5.69. The van der Waals surface area contributed by atoms with Crippen molar-refractivity contribution in [2.75, 3.05) is 0 Å². The molecule has 0 aliphatic heterocycles. The fraction of sp³-hybridized carbons (Fsp3) is 0.500. The van der Waals surface area contributed by atoms with Crippen LogP contribution < -0.4 is 5.32 Å². The fourth-order valence-electron chi connectivity index (χ4n) is 1.93. The number of carbonyl (C=O) groups excluding carboxylic acids is 1. The molecule has 3 N–H and O–H groups in total. The molecular formula is C16H23NO5. The predicted octanol–water partition coefficient (Wildman–Crippen LogP) is 1.96. The Morgan fingerprint density at radius 3 is 2.32 bits per heavy atom. The second-order valence-electron chi connectivity index (χ2n) is 6.11. The summed E-state index contributed by atoms with van der Waals surface area (Å²) in [5.41, 5.74) is 0.215. The summed E-state index contributed by atoms with van der Waals surface area (Å²) in [4.78, 5) is 22.6. The molecular weight excluding hydrogens is 286 g/mol. The van der Waals surface area contributed by atoms with Crippen LogP contribution in [0.1, 0.15) is 32.8 Å². The quantitative estimate of drug-likeness (QED) is 0.746. The molecule has 122 valence electrons. The van der Waals surface area contributed by atoms with Crippen molar-refractivity contribution in [3.8, 4) is 0 Å². The Hall–Kier alpha value is -2.08. The third-order valence-corrected chi connectivity index (χ3v) is 2.85. The van der Waals surface area contributed by atoms with Crippen molar-refractivity contribution in [2.45, 2.75) is 51.4 Å². The van der Waals surface area contributed by atoms with Crippen LogP contribution in [0.4, 0.5) is 4.79 Å². The maximum atomic E-state index is 11.9. The summed E-state index contributed by atoms with van der Waals surface area (Å²) in [6, 6.07) is 8.47. The number of aliphatic hydroxyl groups excluding tert-OH is 1. The van der Waals surface area contributed by atoms with Crippen LogP contribution in [0, 0.1) is 0 Å². The zero-order valence-corrected chi connectivity index (χ0v) is 13.1. The lowest BCUT2D eigenvalue weighted by atomic mass is 9.99. The molecule has 0 aliphatic rings. The van der Waals surface area contributed by atoms with Gasteiger partial charge in [-0.05, 0) is 32.8 Å². The maximum Gasteiger partial charge on any atom is 0.407 e. The van der Waals surface area contributed by atoms with E-state index in [0.717, 1.165) is 5.56 Å². The van der Waals surface area contributed by atoms with E-state index in [1.807, 2.05) is 30.3 Å². The Kier molecular flexibility index (Phi) is 6.37. The SMILES string of the molecule is CC(C)(C)OC(=O)N[C@@H](Cc1ccccc1)[C@@H](O)CC(=O)O. The van der Waals surface area contributed by atoms with E-state index in [4.69, 9.17) is 9.84 Å². The molecule has 0 aromatic heterocycles. The Bertz CT molecular complexity index is 495. The Labute approximate surface area is 130 Å². The number of carboxylic acids is 1. The summed E-state index contributed by atoms with van der Waals surface area (Å²) in [5, 5.41) is 21.4. The zero-order chi connectivity index (χ0) is 16.8. The molecule has 0 fully saturated rings. The van der Waals surface area contributed by atoms with Crippen LogP contribution in [0.25, 0.3) is 0 Å². The van der Waals surface area contributed by atoms with Crippen LogP contribution in [-0.4, -0.2) is 40.0 Å². The molecule has 0 saturated carbocycles. The van der Waals surface area contributed by atoms with E-state index in [2.05, 4.69) is 5.32 Å². The summed E-state index contributed by atoms with van der Waals surface area (Å²) in [6.45, 7) is 5.19. The monoisotopic (exact) mass is 309 g/mol. The smallest absolute Gasteiger partial charge is 0.407 e. The first kappa shape index (κ1) is 18.0. The molecule has 0 radical (unpaired) electrons. The lowest BCUT2D eigenvalue weighted by molar-refractivity contribution is -0.139. The minimum atomic E-state index is -1.20. The van der Waals surface area contributed by atoms with E-state index in [1.165, 1.54) is 0 Å². The number of aliphatic hydroxyl groups is 1. The van der Waals surface area contributed by atoms with Gasteiger partial charge in [0.2, 0.25) is 0 Å². The van der Waals surface area contributed by atoms with Gasteiger partial charge in [-0.3, -0.25) is 4.79 Å². The second kappa shape index (κ2) is 7.79. The highest BCUT2D eigenvalue weighted by Crippen LogP contribution is 2.11. The topological polar surface area (TPSA) is 95.9 Å². The van der Waals surface area contributed by atoms with Crippen molar-refractivity contribution >= 4 is 12.1 Å². The average molecular weight is 309 g/mol. The summed E-state index contributed by atoms with van der Waals surface area (Å²) >= 11 is 0. The standard InChI is InChI=1S/C16H23NO5/c1-16(2,3)22-15(21)17-12(13(18)10-14(19)20)9-11-7-5-4-6-8-11/h4-8,12-13,18H,9-10H2,1-3H3,(H,17,21)(H,19,20)/t12-,13-/m0/s1. The van der Waals surface area contributed by atoms with Gasteiger partial charge < -0.3 is 20.3 Å². The number of nitrogens with one attached hydrogen (secondary N) is 1. The molecule has 0 aliphatic carbocycles. The molecule has 22 heavy (non-hydrogen) atoms. The summed E-state index contributed by atoms with van der Waals surface area (Å²) in [6.07, 6.45) is -2.02. The number of carboxylic acid groups (broad SMARTS) is 1. The van der Waals surface area contributed by atoms with Crippen LogP contribution in [0.3, 0.4) is 0 Å². The van der Waals surface area contributed by atoms with Crippen LogP contribution >= 0.6 is 0 Å². The lowest BCUT2D eigenvalue weighted by Gasteiger charge is -2.26. The first-order valence-corrected chi connectivity index (χ1v) is 7.10.